The minimum absolute atomic E-state index is 1.09. The van der Waals surface area contributed by atoms with E-state index >= 15 is 0 Å². The van der Waals surface area contributed by atoms with Gasteiger partial charge in [-0.2, -0.15) is 0 Å². The lowest BCUT2D eigenvalue weighted by Crippen LogP contribution is -2.09. The van der Waals surface area contributed by atoms with Crippen molar-refractivity contribution in [2.45, 2.75) is 0 Å². The lowest BCUT2D eigenvalue weighted by atomic mass is 9.87. The summed E-state index contributed by atoms with van der Waals surface area (Å²) >= 11 is 0. The van der Waals surface area contributed by atoms with Crippen LogP contribution in [0.2, 0.25) is 0 Å². The maximum Gasteiger partial charge on any atom is 0.0462 e. The van der Waals surface area contributed by atoms with Gasteiger partial charge < -0.3 is 4.90 Å². The van der Waals surface area contributed by atoms with Gasteiger partial charge in [0.2, 0.25) is 0 Å². The third-order valence-corrected chi connectivity index (χ3v) is 17.9. The predicted octanol–water partition coefficient (Wildman–Crippen LogP) is 22.3. The minimum Gasteiger partial charge on any atom is -0.311 e. The topological polar surface area (TPSA) is 3.24 Å². The zero-order chi connectivity index (χ0) is 51.4. The van der Waals surface area contributed by atoms with Crippen LogP contribution in [0.4, 0.5) is 17.1 Å². The van der Waals surface area contributed by atoms with E-state index in [4.69, 9.17) is 0 Å². The zero-order valence-corrected chi connectivity index (χ0v) is 42.9. The van der Waals surface area contributed by atoms with Crippen LogP contribution in [0, 0.1) is 0 Å². The molecule has 18 aromatic rings. The molecule has 1 nitrogen and oxygen atoms in total. The first kappa shape index (κ1) is 42.8. The van der Waals surface area contributed by atoms with Gasteiger partial charge in [-0.05, 0) is 199 Å². The largest absolute Gasteiger partial charge is 0.311 e. The van der Waals surface area contributed by atoms with E-state index in [0.717, 1.165) is 17.1 Å². The second kappa shape index (κ2) is 16.1. The van der Waals surface area contributed by atoms with Crippen molar-refractivity contribution in [2.24, 2.45) is 0 Å². The van der Waals surface area contributed by atoms with Crippen LogP contribution in [0.3, 0.4) is 0 Å². The minimum atomic E-state index is 1.09. The molecule has 0 aromatic heterocycles. The summed E-state index contributed by atoms with van der Waals surface area (Å²) in [6.45, 7) is 0. The summed E-state index contributed by atoms with van der Waals surface area (Å²) < 4.78 is 0. The SMILES string of the molecule is c1cc2cccc3c4ccc(-c5ccc(N(c6ccc(-c7ccc8c9cccc%10cccc(c%11cccc7c%118)c%109)cc6)c6ccc(-c7ccc8c9cccc%10cccc(c%11cccc7c%118)c%109)cc6)cc5)c5cccc(c(c1)c23)c54. The van der Waals surface area contributed by atoms with Crippen LogP contribution >= 0.6 is 0 Å². The maximum absolute atomic E-state index is 2.41. The molecule has 18 rings (SSSR count). The van der Waals surface area contributed by atoms with Crippen LogP contribution in [0.1, 0.15) is 0 Å². The summed E-state index contributed by atoms with van der Waals surface area (Å²) in [6.07, 6.45) is 0. The number of rotatable bonds is 6. The van der Waals surface area contributed by atoms with E-state index in [2.05, 4.69) is 278 Å². The molecular weight excluding hydrogens is 951 g/mol. The van der Waals surface area contributed by atoms with Crippen molar-refractivity contribution in [3.05, 3.63) is 273 Å². The molecule has 0 atom stereocenters. The van der Waals surface area contributed by atoms with Crippen molar-refractivity contribution < 1.29 is 0 Å². The number of anilines is 3. The van der Waals surface area contributed by atoms with Crippen molar-refractivity contribution in [2.75, 3.05) is 4.90 Å². The Morgan fingerprint density at radius 1 is 0.152 bits per heavy atom. The first-order valence-corrected chi connectivity index (χ1v) is 27.6. The monoisotopic (exact) mass is 995 g/mol. The Labute approximate surface area is 455 Å². The summed E-state index contributed by atoms with van der Waals surface area (Å²) in [6, 6.07) is 103. The molecule has 0 radical (unpaired) electrons. The molecule has 1 heteroatoms. The van der Waals surface area contributed by atoms with Crippen LogP contribution in [-0.2, 0) is 0 Å². The second-order valence-corrected chi connectivity index (χ2v) is 21.8. The number of benzene rings is 18. The standard InChI is InChI=1S/C78H45N/c1-10-49-13-4-19-64-70-43-40-55(58-22-7-25-67(76(58)70)61(16-1)73(49)64)46-28-34-52(35-29-46)79(53-36-30-47(31-37-53)56-41-44-71-65-20-5-14-50-11-2-17-62(74(50)65)68-26-8-23-59(56)77(68)71)54-38-32-48(33-39-54)57-42-45-72-66-21-6-15-51-12-3-18-63(75(51)66)69-27-9-24-60(57)78(69)72/h1-45H. The Kier molecular flexibility index (Phi) is 8.73. The summed E-state index contributed by atoms with van der Waals surface area (Å²) in [5.74, 6) is 0. The summed E-state index contributed by atoms with van der Waals surface area (Å²) in [5.41, 5.74) is 10.6. The Morgan fingerprint density at radius 3 is 0.608 bits per heavy atom. The van der Waals surface area contributed by atoms with Gasteiger partial charge in [-0.25, -0.2) is 0 Å². The molecule has 0 aliphatic carbocycles. The van der Waals surface area contributed by atoms with Crippen LogP contribution in [0.25, 0.3) is 163 Å². The Morgan fingerprint density at radius 2 is 0.354 bits per heavy atom. The highest BCUT2D eigenvalue weighted by Gasteiger charge is 2.21. The highest BCUT2D eigenvalue weighted by molar-refractivity contribution is 6.37. The van der Waals surface area contributed by atoms with Gasteiger partial charge >= 0.3 is 0 Å². The lowest BCUT2D eigenvalue weighted by Gasteiger charge is -2.26. The summed E-state index contributed by atoms with van der Waals surface area (Å²) in [5, 5.41) is 31.4. The fraction of sp³-hybridized carbons (Fsp3) is 0. The van der Waals surface area contributed by atoms with Gasteiger partial charge in [0.25, 0.3) is 0 Å². The molecule has 0 saturated carbocycles. The van der Waals surface area contributed by atoms with Crippen molar-refractivity contribution in [1.82, 2.24) is 0 Å². The fourth-order valence-electron chi connectivity index (χ4n) is 14.5. The normalized spacial score (nSPS) is 12.3. The van der Waals surface area contributed by atoms with E-state index < -0.39 is 0 Å². The van der Waals surface area contributed by atoms with Crippen molar-refractivity contribution in [3.8, 4) is 33.4 Å². The van der Waals surface area contributed by atoms with E-state index in [1.165, 1.54) is 163 Å². The Bertz CT molecular complexity index is 4820. The average Bonchev–Trinajstić information content (AvgIpc) is 3.61. The Hall–Kier alpha value is -10.3. The van der Waals surface area contributed by atoms with Gasteiger partial charge in [0, 0.05) is 17.1 Å². The quantitative estimate of drug-likeness (QED) is 0.119. The number of nitrogens with zero attached hydrogens (tertiary/aromatic N) is 1. The van der Waals surface area contributed by atoms with E-state index in [1.807, 2.05) is 0 Å². The zero-order valence-electron chi connectivity index (χ0n) is 42.9. The number of fused-ring (bicyclic) bond motifs is 6. The highest BCUT2D eigenvalue weighted by atomic mass is 15.1. The van der Waals surface area contributed by atoms with Gasteiger partial charge in [0.05, 0.1) is 0 Å². The first-order chi connectivity index (χ1) is 39.2. The average molecular weight is 996 g/mol. The molecule has 0 aliphatic rings. The molecule has 79 heavy (non-hydrogen) atoms. The molecule has 0 spiro atoms. The van der Waals surface area contributed by atoms with E-state index in [-0.39, 0.29) is 0 Å². The predicted molar refractivity (Wildman–Crippen MR) is 341 cm³/mol. The van der Waals surface area contributed by atoms with Crippen LogP contribution in [0.15, 0.2) is 273 Å². The van der Waals surface area contributed by atoms with Crippen LogP contribution in [0.5, 0.6) is 0 Å². The first-order valence-electron chi connectivity index (χ1n) is 27.6. The molecule has 0 unspecified atom stereocenters. The van der Waals surface area contributed by atoms with Gasteiger partial charge in [0.1, 0.15) is 0 Å². The van der Waals surface area contributed by atoms with Crippen molar-refractivity contribution in [1.29, 1.82) is 0 Å². The fourth-order valence-corrected chi connectivity index (χ4v) is 14.5. The third-order valence-electron chi connectivity index (χ3n) is 17.9. The van der Waals surface area contributed by atoms with E-state index in [9.17, 15) is 0 Å². The van der Waals surface area contributed by atoms with Gasteiger partial charge in [-0.1, -0.05) is 237 Å². The molecule has 18 aromatic carbocycles. The molecule has 0 heterocycles. The molecule has 0 fully saturated rings. The summed E-state index contributed by atoms with van der Waals surface area (Å²) in [4.78, 5) is 2.41. The number of hydrogen-bond acceptors (Lipinski definition) is 1. The third kappa shape index (κ3) is 5.99. The van der Waals surface area contributed by atoms with Gasteiger partial charge in [-0.3, -0.25) is 0 Å². The highest BCUT2D eigenvalue weighted by Crippen LogP contribution is 2.48. The van der Waals surface area contributed by atoms with Crippen LogP contribution < -0.4 is 4.90 Å². The van der Waals surface area contributed by atoms with Gasteiger partial charge in [0.15, 0.2) is 0 Å². The molecule has 0 N–H and O–H groups in total. The smallest absolute Gasteiger partial charge is 0.0462 e. The second-order valence-electron chi connectivity index (χ2n) is 21.8. The van der Waals surface area contributed by atoms with Crippen molar-refractivity contribution >= 4 is 146 Å². The molecule has 0 amide bonds. The molecule has 362 valence electrons. The van der Waals surface area contributed by atoms with Gasteiger partial charge in [-0.15, -0.1) is 0 Å². The molecular formula is C78H45N. The molecule has 0 saturated heterocycles. The lowest BCUT2D eigenvalue weighted by molar-refractivity contribution is 1.28. The van der Waals surface area contributed by atoms with E-state index in [0.29, 0.717) is 0 Å². The number of hydrogen-bond donors (Lipinski definition) is 0. The van der Waals surface area contributed by atoms with E-state index in [1.54, 1.807) is 0 Å². The maximum atomic E-state index is 2.41. The Balaban J connectivity index is 0.776. The molecule has 0 aliphatic heterocycles. The summed E-state index contributed by atoms with van der Waals surface area (Å²) in [7, 11) is 0. The van der Waals surface area contributed by atoms with Crippen molar-refractivity contribution in [3.63, 3.8) is 0 Å². The molecule has 0 bridgehead atoms. The van der Waals surface area contributed by atoms with Crippen LogP contribution in [-0.4, -0.2) is 0 Å².